The van der Waals surface area contributed by atoms with Crippen LogP contribution in [0.3, 0.4) is 0 Å². The number of fused-ring (bicyclic) bond motifs is 1. The fourth-order valence-electron chi connectivity index (χ4n) is 2.70. The van der Waals surface area contributed by atoms with Crippen LogP contribution in [-0.4, -0.2) is 55.7 Å². The molecule has 1 amide bonds. The van der Waals surface area contributed by atoms with Crippen molar-refractivity contribution < 1.29 is 19.1 Å². The third-order valence-electron chi connectivity index (χ3n) is 4.15. The molecule has 0 radical (unpaired) electrons. The first-order chi connectivity index (χ1) is 10.5. The number of ether oxygens (including phenoxy) is 1. The van der Waals surface area contributed by atoms with Crippen LogP contribution in [0.5, 0.6) is 5.75 Å². The van der Waals surface area contributed by atoms with E-state index in [0.717, 1.165) is 0 Å². The third kappa shape index (κ3) is 2.87. The molecule has 3 rings (SSSR count). The van der Waals surface area contributed by atoms with Crippen molar-refractivity contribution in [1.82, 2.24) is 4.90 Å². The van der Waals surface area contributed by atoms with Crippen LogP contribution in [0.4, 0.5) is 5.69 Å². The second-order valence-electron chi connectivity index (χ2n) is 5.66. The van der Waals surface area contributed by atoms with Crippen LogP contribution in [0.2, 0.25) is 0 Å². The highest BCUT2D eigenvalue weighted by atomic mass is 16.5. The number of carbonyl (C=O) groups excluding carboxylic acids is 3. The normalized spacial score (nSPS) is 18.9. The Hall–Kier alpha value is -2.21. The molecule has 0 aliphatic carbocycles. The Bertz CT molecular complexity index is 631. The van der Waals surface area contributed by atoms with Gasteiger partial charge in [0.05, 0.1) is 12.2 Å². The molecule has 1 fully saturated rings. The number of likely N-dealkylation sites (N-methyl/N-ethyl adjacent to an activating group) is 1. The molecule has 2 aliphatic heterocycles. The molecule has 1 aromatic carbocycles. The topological polar surface area (TPSA) is 66.9 Å². The lowest BCUT2D eigenvalue weighted by molar-refractivity contribution is -0.121. The van der Waals surface area contributed by atoms with Crippen molar-refractivity contribution >= 4 is 23.2 Å². The minimum atomic E-state index is -0.133. The first kappa shape index (κ1) is 14.7. The minimum absolute atomic E-state index is 0.0106. The van der Waals surface area contributed by atoms with Crippen molar-refractivity contribution in [2.24, 2.45) is 0 Å². The van der Waals surface area contributed by atoms with Crippen molar-refractivity contribution in [3.8, 4) is 5.75 Å². The molecule has 0 atom stereocenters. The third-order valence-corrected chi connectivity index (χ3v) is 4.15. The molecule has 0 bridgehead atoms. The number of rotatable bonds is 3. The van der Waals surface area contributed by atoms with E-state index in [1.807, 2.05) is 4.90 Å². The first-order valence-corrected chi connectivity index (χ1v) is 7.35. The molecule has 116 valence electrons. The van der Waals surface area contributed by atoms with Crippen molar-refractivity contribution in [3.63, 3.8) is 0 Å². The average molecular weight is 302 g/mol. The van der Waals surface area contributed by atoms with Gasteiger partial charge in [0.1, 0.15) is 11.5 Å². The number of hydrogen-bond donors (Lipinski definition) is 0. The van der Waals surface area contributed by atoms with Gasteiger partial charge in [-0.3, -0.25) is 19.3 Å². The highest BCUT2D eigenvalue weighted by molar-refractivity contribution is 6.02. The van der Waals surface area contributed by atoms with Gasteiger partial charge < -0.3 is 9.64 Å². The maximum absolute atomic E-state index is 12.4. The molecule has 0 N–H and O–H groups in total. The van der Waals surface area contributed by atoms with Gasteiger partial charge in [-0.1, -0.05) is 0 Å². The lowest BCUT2D eigenvalue weighted by atomic mass is 10.1. The summed E-state index contributed by atoms with van der Waals surface area (Å²) in [6.07, 6.45) is 1.03. The number of likely N-dealkylation sites (tertiary alicyclic amines) is 1. The summed E-state index contributed by atoms with van der Waals surface area (Å²) in [6, 6.07) is 5.15. The molecule has 1 aromatic rings. The quantitative estimate of drug-likeness (QED) is 0.776. The maximum Gasteiger partial charge on any atom is 0.264 e. The Kier molecular flexibility index (Phi) is 3.94. The summed E-state index contributed by atoms with van der Waals surface area (Å²) in [4.78, 5) is 38.8. The van der Waals surface area contributed by atoms with Crippen molar-refractivity contribution in [2.45, 2.75) is 12.8 Å². The number of nitrogens with zero attached hydrogens (tertiary/aromatic N) is 2. The number of hydrogen-bond acceptors (Lipinski definition) is 5. The van der Waals surface area contributed by atoms with E-state index in [2.05, 4.69) is 0 Å². The Balaban J connectivity index is 1.73. The van der Waals surface area contributed by atoms with Gasteiger partial charge in [-0.05, 0) is 18.2 Å². The molecular formula is C16H18N2O4. The van der Waals surface area contributed by atoms with E-state index in [4.69, 9.17) is 4.74 Å². The lowest BCUT2D eigenvalue weighted by Crippen LogP contribution is -2.38. The van der Waals surface area contributed by atoms with E-state index < -0.39 is 0 Å². The first-order valence-electron chi connectivity index (χ1n) is 7.35. The van der Waals surface area contributed by atoms with Crippen LogP contribution < -0.4 is 9.64 Å². The SMILES string of the molecule is CN1C(=O)COc2ccc(C(=O)CN3CCC(=O)CC3)cc21. The van der Waals surface area contributed by atoms with Gasteiger partial charge in [-0.15, -0.1) is 0 Å². The van der Waals surface area contributed by atoms with Crippen LogP contribution >= 0.6 is 0 Å². The largest absolute Gasteiger partial charge is 0.482 e. The zero-order valence-corrected chi connectivity index (χ0v) is 12.5. The highest BCUT2D eigenvalue weighted by Crippen LogP contribution is 2.32. The fraction of sp³-hybridized carbons (Fsp3) is 0.438. The van der Waals surface area contributed by atoms with Crippen LogP contribution in [0.1, 0.15) is 23.2 Å². The molecule has 1 saturated heterocycles. The number of piperidine rings is 1. The Morgan fingerprint density at radius 3 is 2.68 bits per heavy atom. The molecule has 6 heteroatoms. The van der Waals surface area contributed by atoms with Gasteiger partial charge in [0.2, 0.25) is 0 Å². The van der Waals surface area contributed by atoms with E-state index in [1.54, 1.807) is 25.2 Å². The smallest absolute Gasteiger partial charge is 0.264 e. The molecule has 0 unspecified atom stereocenters. The second kappa shape index (κ2) is 5.88. The maximum atomic E-state index is 12.4. The molecule has 0 spiro atoms. The molecule has 0 saturated carbocycles. The monoisotopic (exact) mass is 302 g/mol. The number of anilines is 1. The fourth-order valence-corrected chi connectivity index (χ4v) is 2.70. The van der Waals surface area contributed by atoms with Gasteiger partial charge in [-0.25, -0.2) is 0 Å². The van der Waals surface area contributed by atoms with Crippen molar-refractivity contribution in [3.05, 3.63) is 23.8 Å². The summed E-state index contributed by atoms with van der Waals surface area (Å²) in [5.41, 5.74) is 1.18. The molecule has 6 nitrogen and oxygen atoms in total. The predicted octanol–water partition coefficient (Wildman–Crippen LogP) is 0.889. The van der Waals surface area contributed by atoms with E-state index in [9.17, 15) is 14.4 Å². The number of Topliss-reactive ketones (excluding diaryl/α,β-unsaturated/α-hetero) is 2. The van der Waals surface area contributed by atoms with Crippen molar-refractivity contribution in [1.29, 1.82) is 0 Å². The van der Waals surface area contributed by atoms with Crippen LogP contribution in [0.15, 0.2) is 18.2 Å². The van der Waals surface area contributed by atoms with E-state index in [0.29, 0.717) is 49.5 Å². The minimum Gasteiger partial charge on any atom is -0.482 e. The molecule has 22 heavy (non-hydrogen) atoms. The molecule has 0 aromatic heterocycles. The van der Waals surface area contributed by atoms with Gasteiger partial charge >= 0.3 is 0 Å². The number of benzene rings is 1. The number of amides is 1. The molecule has 2 heterocycles. The number of carbonyl (C=O) groups is 3. The zero-order valence-electron chi connectivity index (χ0n) is 12.5. The summed E-state index contributed by atoms with van der Waals surface area (Å²) in [6.45, 7) is 1.59. The lowest BCUT2D eigenvalue weighted by Gasteiger charge is -2.27. The van der Waals surface area contributed by atoms with Crippen LogP contribution in [-0.2, 0) is 9.59 Å². The van der Waals surface area contributed by atoms with Gasteiger partial charge in [0.15, 0.2) is 12.4 Å². The summed E-state index contributed by atoms with van der Waals surface area (Å²) < 4.78 is 5.35. The average Bonchev–Trinajstić information content (AvgIpc) is 2.53. The molecule has 2 aliphatic rings. The summed E-state index contributed by atoms with van der Waals surface area (Å²) >= 11 is 0. The van der Waals surface area contributed by atoms with E-state index in [1.165, 1.54) is 4.90 Å². The van der Waals surface area contributed by atoms with Gasteiger partial charge in [0, 0.05) is 38.5 Å². The molecular weight excluding hydrogens is 284 g/mol. The second-order valence-corrected chi connectivity index (χ2v) is 5.66. The van der Waals surface area contributed by atoms with Crippen LogP contribution in [0.25, 0.3) is 0 Å². The summed E-state index contributed by atoms with van der Waals surface area (Å²) in [7, 11) is 1.67. The predicted molar refractivity (Wildman–Crippen MR) is 80.4 cm³/mol. The zero-order chi connectivity index (χ0) is 15.7. The van der Waals surface area contributed by atoms with Crippen molar-refractivity contribution in [2.75, 3.05) is 38.2 Å². The summed E-state index contributed by atoms with van der Waals surface area (Å²) in [5.74, 6) is 0.729. The highest BCUT2D eigenvalue weighted by Gasteiger charge is 2.24. The Labute approximate surface area is 128 Å². The standard InChI is InChI=1S/C16H18N2O4/c1-17-13-8-11(2-3-15(13)22-10-16(17)21)14(20)9-18-6-4-12(19)5-7-18/h2-3,8H,4-7,9-10H2,1H3. The summed E-state index contributed by atoms with van der Waals surface area (Å²) in [5, 5.41) is 0. The Morgan fingerprint density at radius 1 is 1.23 bits per heavy atom. The van der Waals surface area contributed by atoms with Gasteiger partial charge in [-0.2, -0.15) is 0 Å². The van der Waals surface area contributed by atoms with E-state index in [-0.39, 0.29) is 24.1 Å². The van der Waals surface area contributed by atoms with E-state index >= 15 is 0 Å². The Morgan fingerprint density at radius 2 is 1.95 bits per heavy atom. The van der Waals surface area contributed by atoms with Crippen LogP contribution in [0, 0.1) is 0 Å². The van der Waals surface area contributed by atoms with Gasteiger partial charge in [0.25, 0.3) is 5.91 Å². The number of ketones is 2.